The summed E-state index contributed by atoms with van der Waals surface area (Å²) in [6, 6.07) is 13.4. The van der Waals surface area contributed by atoms with Gasteiger partial charge < -0.3 is 10.1 Å². The van der Waals surface area contributed by atoms with Crippen LogP contribution in [0.15, 0.2) is 53.4 Å². The van der Waals surface area contributed by atoms with Crippen LogP contribution in [0, 0.1) is 13.8 Å². The van der Waals surface area contributed by atoms with Crippen molar-refractivity contribution in [2.24, 2.45) is 0 Å². The average molecular weight is 485 g/mol. The number of carbonyl (C=O) groups excluding carboxylic acids is 2. The fourth-order valence-electron chi connectivity index (χ4n) is 3.60. The molecule has 3 aromatic rings. The molecule has 1 heterocycles. The lowest BCUT2D eigenvalue weighted by atomic mass is 10.1. The third-order valence-electron chi connectivity index (χ3n) is 5.55. The van der Waals surface area contributed by atoms with Crippen molar-refractivity contribution in [3.63, 3.8) is 0 Å². The SMILES string of the molecule is CNS(=O)(=O)c1cccc(CNC(=O)c2ccc(-n3nc(C)c(CCC(=O)OC)c3C)cc2)c1. The van der Waals surface area contributed by atoms with Crippen molar-refractivity contribution in [1.82, 2.24) is 19.8 Å². The van der Waals surface area contributed by atoms with Gasteiger partial charge in [-0.2, -0.15) is 5.10 Å². The number of methoxy groups -OCH3 is 1. The molecule has 1 amide bonds. The number of hydrogen-bond acceptors (Lipinski definition) is 6. The van der Waals surface area contributed by atoms with Gasteiger partial charge in [0, 0.05) is 24.2 Å². The van der Waals surface area contributed by atoms with Gasteiger partial charge in [-0.15, -0.1) is 0 Å². The van der Waals surface area contributed by atoms with Crippen LogP contribution in [0.3, 0.4) is 0 Å². The number of ether oxygens (including phenoxy) is 1. The molecule has 0 radical (unpaired) electrons. The number of amides is 1. The number of rotatable bonds is 9. The van der Waals surface area contributed by atoms with Crippen LogP contribution in [-0.4, -0.2) is 44.2 Å². The van der Waals surface area contributed by atoms with Gasteiger partial charge in [0.2, 0.25) is 10.0 Å². The number of benzene rings is 2. The number of aryl methyl sites for hydroxylation is 1. The molecule has 10 heteroatoms. The van der Waals surface area contributed by atoms with E-state index in [0.29, 0.717) is 17.5 Å². The molecular formula is C24H28N4O5S. The van der Waals surface area contributed by atoms with E-state index in [1.807, 2.05) is 13.8 Å². The number of nitrogens with one attached hydrogen (secondary N) is 2. The van der Waals surface area contributed by atoms with Crippen molar-refractivity contribution in [2.75, 3.05) is 14.2 Å². The normalized spacial score (nSPS) is 11.3. The van der Waals surface area contributed by atoms with Crippen LogP contribution in [0.1, 0.15) is 39.3 Å². The van der Waals surface area contributed by atoms with Crippen molar-refractivity contribution in [3.8, 4) is 5.69 Å². The molecule has 2 N–H and O–H groups in total. The molecule has 0 atom stereocenters. The Kier molecular flexibility index (Phi) is 7.85. The molecule has 0 aliphatic carbocycles. The summed E-state index contributed by atoms with van der Waals surface area (Å²) in [6.45, 7) is 4.03. The second-order valence-electron chi connectivity index (χ2n) is 7.72. The largest absolute Gasteiger partial charge is 0.469 e. The van der Waals surface area contributed by atoms with Gasteiger partial charge in [0.1, 0.15) is 0 Å². The van der Waals surface area contributed by atoms with Crippen LogP contribution in [0.5, 0.6) is 0 Å². The maximum atomic E-state index is 12.6. The second kappa shape index (κ2) is 10.6. The second-order valence-corrected chi connectivity index (χ2v) is 9.61. The Hall–Kier alpha value is -3.50. The Labute approximate surface area is 199 Å². The highest BCUT2D eigenvalue weighted by molar-refractivity contribution is 7.89. The molecular weight excluding hydrogens is 456 g/mol. The molecule has 3 rings (SSSR count). The predicted molar refractivity (Wildman–Crippen MR) is 127 cm³/mol. The summed E-state index contributed by atoms with van der Waals surface area (Å²) in [7, 11) is -0.831. The minimum Gasteiger partial charge on any atom is -0.469 e. The van der Waals surface area contributed by atoms with Crippen LogP contribution in [0.2, 0.25) is 0 Å². The molecule has 180 valence electrons. The van der Waals surface area contributed by atoms with Crippen molar-refractivity contribution in [3.05, 3.63) is 76.6 Å². The van der Waals surface area contributed by atoms with Gasteiger partial charge in [0.25, 0.3) is 5.91 Å². The molecule has 0 spiro atoms. The fraction of sp³-hybridized carbons (Fsp3) is 0.292. The highest BCUT2D eigenvalue weighted by Crippen LogP contribution is 2.20. The van der Waals surface area contributed by atoms with Gasteiger partial charge in [-0.3, -0.25) is 9.59 Å². The van der Waals surface area contributed by atoms with Crippen molar-refractivity contribution >= 4 is 21.9 Å². The van der Waals surface area contributed by atoms with E-state index in [9.17, 15) is 18.0 Å². The maximum Gasteiger partial charge on any atom is 0.305 e. The summed E-state index contributed by atoms with van der Waals surface area (Å²) in [4.78, 5) is 24.2. The lowest BCUT2D eigenvalue weighted by Crippen LogP contribution is -2.23. The monoisotopic (exact) mass is 484 g/mol. The minimum absolute atomic E-state index is 0.141. The summed E-state index contributed by atoms with van der Waals surface area (Å²) in [5.74, 6) is -0.544. The zero-order chi connectivity index (χ0) is 24.9. The minimum atomic E-state index is -3.55. The number of sulfonamides is 1. The van der Waals surface area contributed by atoms with Crippen molar-refractivity contribution in [1.29, 1.82) is 0 Å². The van der Waals surface area contributed by atoms with E-state index in [-0.39, 0.29) is 29.7 Å². The summed E-state index contributed by atoms with van der Waals surface area (Å²) in [6.07, 6.45) is 0.828. The standard InChI is InChI=1S/C24H28N4O5S/c1-16-22(12-13-23(29)33-4)17(2)28(27-16)20-10-8-19(9-11-20)24(30)26-15-18-6-5-7-21(14-18)34(31,32)25-3/h5-11,14,25H,12-13,15H2,1-4H3,(H,26,30). The topological polar surface area (TPSA) is 119 Å². The molecule has 9 nitrogen and oxygen atoms in total. The first-order valence-corrected chi connectivity index (χ1v) is 12.2. The number of nitrogens with zero attached hydrogens (tertiary/aromatic N) is 2. The van der Waals surface area contributed by atoms with Gasteiger partial charge in [0.05, 0.1) is 23.4 Å². The van der Waals surface area contributed by atoms with Gasteiger partial charge in [-0.05, 0) is 74.8 Å². The summed E-state index contributed by atoms with van der Waals surface area (Å²) in [5, 5.41) is 7.39. The third kappa shape index (κ3) is 5.70. The van der Waals surface area contributed by atoms with Gasteiger partial charge in [0.15, 0.2) is 0 Å². The van der Waals surface area contributed by atoms with E-state index in [0.717, 1.165) is 22.6 Å². The molecule has 0 aliphatic rings. The molecule has 0 saturated heterocycles. The van der Waals surface area contributed by atoms with E-state index >= 15 is 0 Å². The summed E-state index contributed by atoms with van der Waals surface area (Å²) >= 11 is 0. The molecule has 0 bridgehead atoms. The molecule has 0 fully saturated rings. The van der Waals surface area contributed by atoms with Crippen molar-refractivity contribution in [2.45, 2.75) is 38.1 Å². The smallest absolute Gasteiger partial charge is 0.305 e. The molecule has 0 unspecified atom stereocenters. The first-order chi connectivity index (χ1) is 16.2. The Balaban J connectivity index is 1.69. The van der Waals surface area contributed by atoms with E-state index in [4.69, 9.17) is 4.74 Å². The van der Waals surface area contributed by atoms with E-state index in [2.05, 4.69) is 15.1 Å². The highest BCUT2D eigenvalue weighted by atomic mass is 32.2. The summed E-state index contributed by atoms with van der Waals surface area (Å²) < 4.78 is 32.7. The first-order valence-electron chi connectivity index (χ1n) is 10.7. The first kappa shape index (κ1) is 25.1. The molecule has 1 aromatic heterocycles. The molecule has 0 aliphatic heterocycles. The van der Waals surface area contributed by atoms with E-state index in [1.54, 1.807) is 41.1 Å². The van der Waals surface area contributed by atoms with E-state index in [1.165, 1.54) is 26.3 Å². The molecule has 2 aromatic carbocycles. The third-order valence-corrected chi connectivity index (χ3v) is 6.96. The van der Waals surface area contributed by atoms with Crippen LogP contribution in [0.4, 0.5) is 0 Å². The Morgan fingerprint density at radius 2 is 1.79 bits per heavy atom. The van der Waals surface area contributed by atoms with Crippen LogP contribution >= 0.6 is 0 Å². The Bertz CT molecular complexity index is 1300. The number of carbonyl (C=O) groups is 2. The number of hydrogen-bond donors (Lipinski definition) is 2. The highest BCUT2D eigenvalue weighted by Gasteiger charge is 2.15. The lowest BCUT2D eigenvalue weighted by molar-refractivity contribution is -0.140. The zero-order valence-electron chi connectivity index (χ0n) is 19.6. The number of aromatic nitrogens is 2. The Morgan fingerprint density at radius 1 is 1.09 bits per heavy atom. The van der Waals surface area contributed by atoms with Gasteiger partial charge in [-0.1, -0.05) is 12.1 Å². The van der Waals surface area contributed by atoms with E-state index < -0.39 is 10.0 Å². The maximum absolute atomic E-state index is 12.6. The quantitative estimate of drug-likeness (QED) is 0.450. The molecule has 34 heavy (non-hydrogen) atoms. The van der Waals surface area contributed by atoms with Crippen LogP contribution in [-0.2, 0) is 32.5 Å². The van der Waals surface area contributed by atoms with Gasteiger partial charge >= 0.3 is 5.97 Å². The predicted octanol–water partition coefficient (Wildman–Crippen LogP) is 2.43. The summed E-state index contributed by atoms with van der Waals surface area (Å²) in [5.41, 5.74) is 4.69. The zero-order valence-corrected chi connectivity index (χ0v) is 20.4. The average Bonchev–Trinajstić information content (AvgIpc) is 3.14. The van der Waals surface area contributed by atoms with Crippen molar-refractivity contribution < 1.29 is 22.7 Å². The lowest BCUT2D eigenvalue weighted by Gasteiger charge is -2.09. The fourth-order valence-corrected chi connectivity index (χ4v) is 4.40. The number of esters is 1. The Morgan fingerprint density at radius 3 is 2.44 bits per heavy atom. The molecule has 0 saturated carbocycles. The van der Waals surface area contributed by atoms with Crippen LogP contribution < -0.4 is 10.0 Å². The van der Waals surface area contributed by atoms with Gasteiger partial charge in [-0.25, -0.2) is 17.8 Å². The van der Waals surface area contributed by atoms with Crippen LogP contribution in [0.25, 0.3) is 5.69 Å².